The molecule has 110 valence electrons. The summed E-state index contributed by atoms with van der Waals surface area (Å²) < 4.78 is 0. The molecule has 2 N–H and O–H groups in total. The van der Waals surface area contributed by atoms with Crippen molar-refractivity contribution in [3.63, 3.8) is 0 Å². The molecule has 0 aliphatic rings. The quantitative estimate of drug-likeness (QED) is 0.914. The number of hydrogen-bond donors (Lipinski definition) is 2. The first-order chi connectivity index (χ1) is 9.95. The van der Waals surface area contributed by atoms with Crippen LogP contribution in [0.15, 0.2) is 30.6 Å². The van der Waals surface area contributed by atoms with E-state index in [1.165, 1.54) is 0 Å². The minimum atomic E-state index is -0.401. The summed E-state index contributed by atoms with van der Waals surface area (Å²) in [4.78, 5) is 21.9. The van der Waals surface area contributed by atoms with Gasteiger partial charge in [-0.05, 0) is 24.6 Å². The highest BCUT2D eigenvalue weighted by Crippen LogP contribution is 2.22. The second-order valence-electron chi connectivity index (χ2n) is 4.73. The zero-order valence-corrected chi connectivity index (χ0v) is 12.8. The van der Waals surface area contributed by atoms with E-state index < -0.39 is 6.03 Å². The molecule has 2 rings (SSSR count). The SMILES string of the molecule is Cc1ccc(NC(=O)Nc2cnc(N(C)C)nc2)c(Cl)c1. The summed E-state index contributed by atoms with van der Waals surface area (Å²) in [6.07, 6.45) is 3.08. The number of halogens is 1. The molecule has 0 atom stereocenters. The number of hydrogen-bond acceptors (Lipinski definition) is 4. The van der Waals surface area contributed by atoms with Crippen molar-refractivity contribution < 1.29 is 4.79 Å². The van der Waals surface area contributed by atoms with E-state index in [-0.39, 0.29) is 0 Å². The monoisotopic (exact) mass is 305 g/mol. The summed E-state index contributed by atoms with van der Waals surface area (Å²) in [7, 11) is 3.68. The van der Waals surface area contributed by atoms with Crippen molar-refractivity contribution in [1.82, 2.24) is 9.97 Å². The molecule has 0 aliphatic heterocycles. The van der Waals surface area contributed by atoms with Crippen LogP contribution in [0.3, 0.4) is 0 Å². The van der Waals surface area contributed by atoms with Gasteiger partial charge in [-0.2, -0.15) is 0 Å². The van der Waals surface area contributed by atoms with Crippen LogP contribution >= 0.6 is 11.6 Å². The van der Waals surface area contributed by atoms with Crippen LogP contribution in [0.25, 0.3) is 0 Å². The third kappa shape index (κ3) is 4.06. The van der Waals surface area contributed by atoms with Gasteiger partial charge in [0.15, 0.2) is 0 Å². The van der Waals surface area contributed by atoms with Gasteiger partial charge in [0.25, 0.3) is 0 Å². The van der Waals surface area contributed by atoms with E-state index in [1.807, 2.05) is 27.1 Å². The van der Waals surface area contributed by atoms with E-state index in [9.17, 15) is 4.79 Å². The van der Waals surface area contributed by atoms with Crippen molar-refractivity contribution in [3.8, 4) is 0 Å². The number of carbonyl (C=O) groups is 1. The highest BCUT2D eigenvalue weighted by molar-refractivity contribution is 6.33. The second-order valence-corrected chi connectivity index (χ2v) is 5.14. The van der Waals surface area contributed by atoms with Crippen LogP contribution in [-0.4, -0.2) is 30.1 Å². The van der Waals surface area contributed by atoms with Gasteiger partial charge in [0.2, 0.25) is 5.95 Å². The molecule has 1 heterocycles. The summed E-state index contributed by atoms with van der Waals surface area (Å²) in [6.45, 7) is 1.93. The van der Waals surface area contributed by atoms with Gasteiger partial charge >= 0.3 is 6.03 Å². The summed E-state index contributed by atoms with van der Waals surface area (Å²) in [5.74, 6) is 0.572. The molecule has 0 saturated carbocycles. The zero-order valence-electron chi connectivity index (χ0n) is 12.0. The molecule has 0 spiro atoms. The molecule has 0 radical (unpaired) electrons. The predicted molar refractivity (Wildman–Crippen MR) is 85.2 cm³/mol. The molecule has 0 fully saturated rings. The van der Waals surface area contributed by atoms with Crippen LogP contribution in [0, 0.1) is 6.92 Å². The van der Waals surface area contributed by atoms with Gasteiger partial charge in [0.05, 0.1) is 28.8 Å². The van der Waals surface area contributed by atoms with Gasteiger partial charge in [0, 0.05) is 14.1 Å². The smallest absolute Gasteiger partial charge is 0.323 e. The van der Waals surface area contributed by atoms with Gasteiger partial charge in [-0.3, -0.25) is 0 Å². The maximum Gasteiger partial charge on any atom is 0.323 e. The Balaban J connectivity index is 2.01. The van der Waals surface area contributed by atoms with Crippen LogP contribution in [0.2, 0.25) is 5.02 Å². The van der Waals surface area contributed by atoms with E-state index in [0.717, 1.165) is 5.56 Å². The first-order valence-electron chi connectivity index (χ1n) is 6.29. The molecule has 1 aromatic carbocycles. The third-order valence-corrected chi connectivity index (χ3v) is 2.98. The Morgan fingerprint density at radius 1 is 1.19 bits per heavy atom. The zero-order chi connectivity index (χ0) is 15.4. The van der Waals surface area contributed by atoms with Crippen molar-refractivity contribution in [1.29, 1.82) is 0 Å². The van der Waals surface area contributed by atoms with Crippen molar-refractivity contribution in [3.05, 3.63) is 41.2 Å². The fourth-order valence-corrected chi connectivity index (χ4v) is 1.91. The first kappa shape index (κ1) is 15.1. The standard InChI is InChI=1S/C14H16ClN5O/c1-9-4-5-12(11(15)6-9)19-14(21)18-10-7-16-13(17-8-10)20(2)3/h4-8H,1-3H3,(H2,18,19,21). The third-order valence-electron chi connectivity index (χ3n) is 2.67. The second kappa shape index (κ2) is 6.41. The number of aromatic nitrogens is 2. The Bertz CT molecular complexity index is 642. The van der Waals surface area contributed by atoms with Crippen LogP contribution < -0.4 is 15.5 Å². The largest absolute Gasteiger partial charge is 0.347 e. The van der Waals surface area contributed by atoms with Gasteiger partial charge in [0.1, 0.15) is 0 Å². The Morgan fingerprint density at radius 2 is 1.86 bits per heavy atom. The molecular weight excluding hydrogens is 290 g/mol. The minimum Gasteiger partial charge on any atom is -0.347 e. The van der Waals surface area contributed by atoms with Gasteiger partial charge in [-0.1, -0.05) is 17.7 Å². The van der Waals surface area contributed by atoms with Gasteiger partial charge in [-0.15, -0.1) is 0 Å². The summed E-state index contributed by atoms with van der Waals surface area (Å²) in [5.41, 5.74) is 2.07. The molecule has 1 aromatic heterocycles. The lowest BCUT2D eigenvalue weighted by atomic mass is 10.2. The summed E-state index contributed by atoms with van der Waals surface area (Å²) >= 11 is 6.06. The highest BCUT2D eigenvalue weighted by Gasteiger charge is 2.07. The topological polar surface area (TPSA) is 70.2 Å². The molecule has 21 heavy (non-hydrogen) atoms. The molecule has 0 bridgehead atoms. The Hall–Kier alpha value is -2.34. The van der Waals surface area contributed by atoms with Gasteiger partial charge < -0.3 is 15.5 Å². The first-order valence-corrected chi connectivity index (χ1v) is 6.67. The van der Waals surface area contributed by atoms with Crippen LogP contribution in [0.5, 0.6) is 0 Å². The number of amides is 2. The molecule has 0 aliphatic carbocycles. The van der Waals surface area contributed by atoms with E-state index in [1.54, 1.807) is 29.4 Å². The van der Waals surface area contributed by atoms with E-state index in [2.05, 4.69) is 20.6 Å². The lowest BCUT2D eigenvalue weighted by Gasteiger charge is -2.11. The molecule has 7 heteroatoms. The van der Waals surface area contributed by atoms with Crippen LogP contribution in [-0.2, 0) is 0 Å². The predicted octanol–water partition coefficient (Wildman–Crippen LogP) is 3.15. The number of rotatable bonds is 3. The number of nitrogens with zero attached hydrogens (tertiary/aromatic N) is 3. The Kier molecular flexibility index (Phi) is 4.59. The minimum absolute atomic E-state index is 0.401. The number of urea groups is 1. The van der Waals surface area contributed by atoms with Crippen LogP contribution in [0.4, 0.5) is 22.1 Å². The maximum absolute atomic E-state index is 11.9. The van der Waals surface area contributed by atoms with Crippen molar-refractivity contribution >= 4 is 35.0 Å². The number of nitrogens with one attached hydrogen (secondary N) is 2. The molecule has 0 saturated heterocycles. The normalized spacial score (nSPS) is 10.1. The maximum atomic E-state index is 11.9. The number of aryl methyl sites for hydroxylation is 1. The average molecular weight is 306 g/mol. The molecule has 2 aromatic rings. The van der Waals surface area contributed by atoms with Crippen molar-refractivity contribution in [2.45, 2.75) is 6.92 Å². The average Bonchev–Trinajstić information content (AvgIpc) is 2.42. The molecule has 2 amide bonds. The fraction of sp³-hybridized carbons (Fsp3) is 0.214. The van der Waals surface area contributed by atoms with E-state index in [0.29, 0.717) is 22.3 Å². The lowest BCUT2D eigenvalue weighted by molar-refractivity contribution is 0.262. The van der Waals surface area contributed by atoms with Gasteiger partial charge in [-0.25, -0.2) is 14.8 Å². The molecule has 0 unspecified atom stereocenters. The molecule has 6 nitrogen and oxygen atoms in total. The summed E-state index contributed by atoms with van der Waals surface area (Å²) in [6, 6.07) is 5.01. The fourth-order valence-electron chi connectivity index (χ4n) is 1.62. The Morgan fingerprint density at radius 3 is 2.43 bits per heavy atom. The number of carbonyl (C=O) groups excluding carboxylic acids is 1. The summed E-state index contributed by atoms with van der Waals surface area (Å²) in [5, 5.41) is 5.81. The number of benzene rings is 1. The van der Waals surface area contributed by atoms with Crippen molar-refractivity contribution in [2.24, 2.45) is 0 Å². The Labute approximate surface area is 128 Å². The molecular formula is C14H16ClN5O. The van der Waals surface area contributed by atoms with E-state index in [4.69, 9.17) is 11.6 Å². The lowest BCUT2D eigenvalue weighted by Crippen LogP contribution is -2.20. The highest BCUT2D eigenvalue weighted by atomic mass is 35.5. The van der Waals surface area contributed by atoms with Crippen molar-refractivity contribution in [2.75, 3.05) is 29.6 Å². The van der Waals surface area contributed by atoms with Crippen LogP contribution in [0.1, 0.15) is 5.56 Å². The number of anilines is 3. The van der Waals surface area contributed by atoms with E-state index >= 15 is 0 Å².